The fraction of sp³-hybridized carbons (Fsp3) is 0.667. The quantitative estimate of drug-likeness (QED) is 0.383. The molecule has 1 aromatic rings. The van der Waals surface area contributed by atoms with Crippen LogP contribution in [0.2, 0.25) is 0 Å². The van der Waals surface area contributed by atoms with E-state index in [2.05, 4.69) is 57.8 Å². The van der Waals surface area contributed by atoms with Crippen LogP contribution < -0.4 is 10.6 Å². The zero-order chi connectivity index (χ0) is 18.5. The molecule has 1 heterocycles. The number of hydrogen-bond donors (Lipinski definition) is 2. The maximum absolute atomic E-state index is 6.07. The van der Waals surface area contributed by atoms with Crippen molar-refractivity contribution in [2.45, 2.75) is 51.7 Å². The third-order valence-electron chi connectivity index (χ3n) is 4.80. The topological polar surface area (TPSA) is 48.9 Å². The van der Waals surface area contributed by atoms with E-state index in [9.17, 15) is 0 Å². The van der Waals surface area contributed by atoms with Gasteiger partial charge in [-0.1, -0.05) is 43.7 Å². The number of guanidine groups is 1. The molecule has 0 bridgehead atoms. The van der Waals surface area contributed by atoms with Crippen molar-refractivity contribution in [2.75, 3.05) is 39.8 Å². The van der Waals surface area contributed by atoms with E-state index in [0.29, 0.717) is 6.10 Å². The summed E-state index contributed by atoms with van der Waals surface area (Å²) in [6, 6.07) is 10.7. The Labute approximate surface area is 159 Å². The van der Waals surface area contributed by atoms with Crippen molar-refractivity contribution in [2.24, 2.45) is 4.99 Å². The van der Waals surface area contributed by atoms with Gasteiger partial charge in [-0.25, -0.2) is 0 Å². The smallest absolute Gasteiger partial charge is 0.190 e. The summed E-state index contributed by atoms with van der Waals surface area (Å²) in [5.74, 6) is 0.896. The predicted octanol–water partition coefficient (Wildman–Crippen LogP) is 3.02. The molecule has 0 saturated carbocycles. The number of likely N-dealkylation sites (tertiary alicyclic amines) is 1. The van der Waals surface area contributed by atoms with Crippen LogP contribution in [0.4, 0.5) is 0 Å². The SMILES string of the molecule is CCCCNC(=NC)NCCCOC1CCN(Cc2ccccc2)CC1. The van der Waals surface area contributed by atoms with Crippen LogP contribution >= 0.6 is 0 Å². The molecule has 5 nitrogen and oxygen atoms in total. The zero-order valence-electron chi connectivity index (χ0n) is 16.5. The minimum absolute atomic E-state index is 0.420. The third-order valence-corrected chi connectivity index (χ3v) is 4.80. The molecule has 146 valence electrons. The molecule has 0 unspecified atom stereocenters. The highest BCUT2D eigenvalue weighted by Crippen LogP contribution is 2.16. The molecular formula is C21H36N4O. The lowest BCUT2D eigenvalue weighted by atomic mass is 10.1. The van der Waals surface area contributed by atoms with Crippen LogP contribution in [0.5, 0.6) is 0 Å². The lowest BCUT2D eigenvalue weighted by Gasteiger charge is -2.32. The molecule has 1 aliphatic heterocycles. The number of unbranched alkanes of at least 4 members (excludes halogenated alkanes) is 1. The van der Waals surface area contributed by atoms with E-state index in [-0.39, 0.29) is 0 Å². The van der Waals surface area contributed by atoms with Gasteiger partial charge in [0.2, 0.25) is 0 Å². The Hall–Kier alpha value is -1.59. The van der Waals surface area contributed by atoms with Crippen LogP contribution in [-0.4, -0.2) is 56.8 Å². The lowest BCUT2D eigenvalue weighted by molar-refractivity contribution is 0.00534. The molecule has 0 aromatic heterocycles. The first kappa shape index (κ1) is 20.7. The molecule has 5 heteroatoms. The average Bonchev–Trinajstić information content (AvgIpc) is 2.68. The van der Waals surface area contributed by atoms with Crippen molar-refractivity contribution in [3.8, 4) is 0 Å². The molecule has 0 radical (unpaired) electrons. The average molecular weight is 361 g/mol. The fourth-order valence-electron chi connectivity index (χ4n) is 3.21. The summed E-state index contributed by atoms with van der Waals surface area (Å²) in [6.07, 6.45) is 6.08. The van der Waals surface area contributed by atoms with E-state index in [1.165, 1.54) is 18.4 Å². The summed E-state index contributed by atoms with van der Waals surface area (Å²) in [6.45, 7) is 8.22. The van der Waals surface area contributed by atoms with Gasteiger partial charge in [-0.2, -0.15) is 0 Å². The van der Waals surface area contributed by atoms with Gasteiger partial charge in [-0.3, -0.25) is 9.89 Å². The highest BCUT2D eigenvalue weighted by atomic mass is 16.5. The molecule has 26 heavy (non-hydrogen) atoms. The molecule has 1 fully saturated rings. The van der Waals surface area contributed by atoms with Crippen molar-refractivity contribution < 1.29 is 4.74 Å². The Bertz CT molecular complexity index is 498. The second kappa shape index (κ2) is 12.7. The first-order valence-electron chi connectivity index (χ1n) is 10.1. The van der Waals surface area contributed by atoms with Crippen molar-refractivity contribution in [3.63, 3.8) is 0 Å². The molecule has 0 amide bonds. The summed E-state index contributed by atoms with van der Waals surface area (Å²) in [5.41, 5.74) is 1.40. The molecule has 0 aliphatic carbocycles. The van der Waals surface area contributed by atoms with Crippen molar-refractivity contribution >= 4 is 5.96 Å². The van der Waals surface area contributed by atoms with Crippen LogP contribution in [0, 0.1) is 0 Å². The van der Waals surface area contributed by atoms with Gasteiger partial charge < -0.3 is 15.4 Å². The van der Waals surface area contributed by atoms with Crippen molar-refractivity contribution in [1.82, 2.24) is 15.5 Å². The minimum atomic E-state index is 0.420. The first-order chi connectivity index (χ1) is 12.8. The van der Waals surface area contributed by atoms with Gasteiger partial charge in [0.05, 0.1) is 6.10 Å². The van der Waals surface area contributed by atoms with Crippen LogP contribution in [0.15, 0.2) is 35.3 Å². The van der Waals surface area contributed by atoms with Crippen LogP contribution in [0.1, 0.15) is 44.6 Å². The lowest BCUT2D eigenvalue weighted by Crippen LogP contribution is -2.39. The van der Waals surface area contributed by atoms with Crippen molar-refractivity contribution in [3.05, 3.63) is 35.9 Å². The van der Waals surface area contributed by atoms with Gasteiger partial charge in [0.15, 0.2) is 5.96 Å². The summed E-state index contributed by atoms with van der Waals surface area (Å²) in [5, 5.41) is 6.68. The minimum Gasteiger partial charge on any atom is -0.378 e. The van der Waals surface area contributed by atoms with E-state index < -0.39 is 0 Å². The van der Waals surface area contributed by atoms with E-state index in [0.717, 1.165) is 64.6 Å². The van der Waals surface area contributed by atoms with Gasteiger partial charge >= 0.3 is 0 Å². The number of nitrogens with one attached hydrogen (secondary N) is 2. The van der Waals surface area contributed by atoms with E-state index in [1.54, 1.807) is 0 Å². The Balaban J connectivity index is 1.51. The normalized spacial score (nSPS) is 16.6. The third kappa shape index (κ3) is 8.19. The second-order valence-electron chi connectivity index (χ2n) is 6.96. The summed E-state index contributed by atoms with van der Waals surface area (Å²) >= 11 is 0. The molecule has 0 atom stereocenters. The predicted molar refractivity (Wildman–Crippen MR) is 110 cm³/mol. The zero-order valence-corrected chi connectivity index (χ0v) is 16.5. The number of aliphatic imine (C=N–C) groups is 1. The van der Waals surface area contributed by atoms with E-state index >= 15 is 0 Å². The Kier molecular flexibility index (Phi) is 10.1. The molecule has 1 aliphatic rings. The monoisotopic (exact) mass is 360 g/mol. The maximum atomic E-state index is 6.07. The number of benzene rings is 1. The molecule has 0 spiro atoms. The molecular weight excluding hydrogens is 324 g/mol. The highest BCUT2D eigenvalue weighted by molar-refractivity contribution is 5.79. The fourth-order valence-corrected chi connectivity index (χ4v) is 3.21. The first-order valence-corrected chi connectivity index (χ1v) is 10.1. The molecule has 1 aromatic carbocycles. The number of ether oxygens (including phenoxy) is 1. The Morgan fingerprint density at radius 2 is 1.81 bits per heavy atom. The van der Waals surface area contributed by atoms with Crippen molar-refractivity contribution in [1.29, 1.82) is 0 Å². The van der Waals surface area contributed by atoms with Gasteiger partial charge in [0.1, 0.15) is 0 Å². The molecule has 2 rings (SSSR count). The second-order valence-corrected chi connectivity index (χ2v) is 6.96. The number of nitrogens with zero attached hydrogens (tertiary/aromatic N) is 2. The van der Waals surface area contributed by atoms with Crippen LogP contribution in [0.3, 0.4) is 0 Å². The highest BCUT2D eigenvalue weighted by Gasteiger charge is 2.19. The van der Waals surface area contributed by atoms with Gasteiger partial charge in [0.25, 0.3) is 0 Å². The van der Waals surface area contributed by atoms with Gasteiger partial charge in [0, 0.05) is 46.4 Å². The number of piperidine rings is 1. The summed E-state index contributed by atoms with van der Waals surface area (Å²) < 4.78 is 6.07. The number of hydrogen-bond acceptors (Lipinski definition) is 3. The van der Waals surface area contributed by atoms with Crippen LogP contribution in [-0.2, 0) is 11.3 Å². The molecule has 1 saturated heterocycles. The Morgan fingerprint density at radius 1 is 1.12 bits per heavy atom. The summed E-state index contributed by atoms with van der Waals surface area (Å²) in [4.78, 5) is 6.77. The van der Waals surface area contributed by atoms with Gasteiger partial charge in [-0.15, -0.1) is 0 Å². The summed E-state index contributed by atoms with van der Waals surface area (Å²) in [7, 11) is 1.82. The number of rotatable bonds is 10. The largest absolute Gasteiger partial charge is 0.378 e. The van der Waals surface area contributed by atoms with E-state index in [1.807, 2.05) is 7.05 Å². The molecule has 2 N–H and O–H groups in total. The van der Waals surface area contributed by atoms with E-state index in [4.69, 9.17) is 4.74 Å². The standard InChI is InChI=1S/C21H36N4O/c1-3-4-13-23-21(22-2)24-14-8-17-26-20-11-15-25(16-12-20)18-19-9-6-5-7-10-19/h5-7,9-10,20H,3-4,8,11-18H2,1-2H3,(H2,22,23,24). The maximum Gasteiger partial charge on any atom is 0.190 e. The van der Waals surface area contributed by atoms with Gasteiger partial charge in [-0.05, 0) is 31.2 Å². The Morgan fingerprint density at radius 3 is 2.46 bits per heavy atom. The van der Waals surface area contributed by atoms with Crippen LogP contribution in [0.25, 0.3) is 0 Å².